The third-order valence-electron chi connectivity index (χ3n) is 3.18. The maximum atomic E-state index is 11.4. The summed E-state index contributed by atoms with van der Waals surface area (Å²) < 4.78 is 0. The Morgan fingerprint density at radius 3 is 2.60 bits per heavy atom. The van der Waals surface area contributed by atoms with Gasteiger partial charge in [0.05, 0.1) is 0 Å². The van der Waals surface area contributed by atoms with Gasteiger partial charge in [0.15, 0.2) is 0 Å². The first-order valence-corrected chi connectivity index (χ1v) is 5.83. The highest BCUT2D eigenvalue weighted by molar-refractivity contribution is 5.80. The van der Waals surface area contributed by atoms with Crippen molar-refractivity contribution in [2.45, 2.75) is 38.6 Å². The molecule has 0 aromatic rings. The molecule has 1 rings (SSSR count). The number of carbonyl (C=O) groups excluding carboxylic acids is 1. The van der Waals surface area contributed by atoms with Gasteiger partial charge < -0.3 is 4.90 Å². The minimum atomic E-state index is 0.0711. The van der Waals surface area contributed by atoms with Gasteiger partial charge in [-0.05, 0) is 47.5 Å². The molecule has 3 nitrogen and oxygen atoms in total. The first-order valence-electron chi connectivity index (χ1n) is 5.83. The number of Topliss-reactive ketones (excluding diaryl/α,β-unsaturated/α-hetero) is 1. The van der Waals surface area contributed by atoms with Crippen LogP contribution in [0.2, 0.25) is 0 Å². The smallest absolute Gasteiger partial charge is 0.136 e. The van der Waals surface area contributed by atoms with Crippen molar-refractivity contribution in [3.05, 3.63) is 0 Å². The van der Waals surface area contributed by atoms with E-state index in [1.54, 1.807) is 0 Å². The lowest BCUT2D eigenvalue weighted by Gasteiger charge is -2.41. The Labute approximate surface area is 93.4 Å². The summed E-state index contributed by atoms with van der Waals surface area (Å²) >= 11 is 0. The summed E-state index contributed by atoms with van der Waals surface area (Å²) in [5, 5.41) is 0. The summed E-state index contributed by atoms with van der Waals surface area (Å²) in [7, 11) is 4.20. The van der Waals surface area contributed by atoms with Crippen molar-refractivity contribution in [2.75, 3.05) is 33.7 Å². The van der Waals surface area contributed by atoms with E-state index in [-0.39, 0.29) is 5.54 Å². The Morgan fingerprint density at radius 1 is 1.40 bits per heavy atom. The predicted molar refractivity (Wildman–Crippen MR) is 63.1 cm³/mol. The van der Waals surface area contributed by atoms with Crippen LogP contribution in [0.1, 0.15) is 33.1 Å². The number of rotatable bonds is 4. The zero-order chi connectivity index (χ0) is 11.5. The molecule has 15 heavy (non-hydrogen) atoms. The van der Waals surface area contributed by atoms with E-state index < -0.39 is 0 Å². The fourth-order valence-corrected chi connectivity index (χ4v) is 2.24. The van der Waals surface area contributed by atoms with Crippen molar-refractivity contribution >= 4 is 5.78 Å². The molecule has 1 aliphatic rings. The molecule has 0 saturated carbocycles. The van der Waals surface area contributed by atoms with Gasteiger partial charge in [0.2, 0.25) is 0 Å². The Kier molecular flexibility index (Phi) is 4.29. The molecule has 0 amide bonds. The van der Waals surface area contributed by atoms with Crippen LogP contribution in [0, 0.1) is 0 Å². The van der Waals surface area contributed by atoms with Crippen LogP contribution in [-0.4, -0.2) is 54.9 Å². The molecule has 88 valence electrons. The van der Waals surface area contributed by atoms with Gasteiger partial charge in [-0.25, -0.2) is 0 Å². The first kappa shape index (κ1) is 12.7. The molecule has 0 spiro atoms. The summed E-state index contributed by atoms with van der Waals surface area (Å²) in [5.74, 6) is 0.420. The number of likely N-dealkylation sites (tertiary alicyclic amines) is 1. The maximum Gasteiger partial charge on any atom is 0.136 e. The highest BCUT2D eigenvalue weighted by Gasteiger charge is 2.32. The van der Waals surface area contributed by atoms with Gasteiger partial charge >= 0.3 is 0 Å². The number of hydrogen-bond donors (Lipinski definition) is 0. The topological polar surface area (TPSA) is 23.6 Å². The van der Waals surface area contributed by atoms with E-state index in [0.717, 1.165) is 32.5 Å². The maximum absolute atomic E-state index is 11.4. The van der Waals surface area contributed by atoms with Crippen molar-refractivity contribution < 1.29 is 4.79 Å². The van der Waals surface area contributed by atoms with Crippen molar-refractivity contribution in [3.63, 3.8) is 0 Å². The van der Waals surface area contributed by atoms with Crippen molar-refractivity contribution in [1.82, 2.24) is 9.80 Å². The molecule has 0 aliphatic carbocycles. The van der Waals surface area contributed by atoms with Crippen molar-refractivity contribution in [2.24, 2.45) is 0 Å². The van der Waals surface area contributed by atoms with Gasteiger partial charge in [-0.2, -0.15) is 0 Å². The summed E-state index contributed by atoms with van der Waals surface area (Å²) in [5.41, 5.74) is 0.0711. The zero-order valence-corrected chi connectivity index (χ0v) is 10.5. The zero-order valence-electron chi connectivity index (χ0n) is 10.5. The molecule has 0 aromatic heterocycles. The monoisotopic (exact) mass is 212 g/mol. The normalized spacial score (nSPS) is 22.3. The van der Waals surface area contributed by atoms with E-state index in [0.29, 0.717) is 5.78 Å². The van der Waals surface area contributed by atoms with Gasteiger partial charge in [0.25, 0.3) is 0 Å². The Hall–Kier alpha value is -0.410. The van der Waals surface area contributed by atoms with Gasteiger partial charge in [-0.1, -0.05) is 0 Å². The third kappa shape index (κ3) is 3.92. The molecule has 0 N–H and O–H groups in total. The van der Waals surface area contributed by atoms with Crippen molar-refractivity contribution in [3.8, 4) is 0 Å². The first-order chi connectivity index (χ1) is 6.92. The molecule has 1 fully saturated rings. The van der Waals surface area contributed by atoms with E-state index in [1.807, 2.05) is 0 Å². The lowest BCUT2D eigenvalue weighted by molar-refractivity contribution is -0.125. The Balaban J connectivity index is 2.37. The average Bonchev–Trinajstić information content (AvgIpc) is 2.07. The summed E-state index contributed by atoms with van der Waals surface area (Å²) in [6.07, 6.45) is 2.64. The van der Waals surface area contributed by atoms with Crippen LogP contribution in [-0.2, 0) is 4.79 Å². The van der Waals surface area contributed by atoms with Crippen molar-refractivity contribution in [1.29, 1.82) is 0 Å². The molecule has 0 unspecified atom stereocenters. The molecule has 1 aliphatic heterocycles. The van der Waals surface area contributed by atoms with Gasteiger partial charge in [-0.15, -0.1) is 0 Å². The van der Waals surface area contributed by atoms with Crippen LogP contribution >= 0.6 is 0 Å². The lowest BCUT2D eigenvalue weighted by Crippen LogP contribution is -2.50. The largest absolute Gasteiger partial charge is 0.309 e. The summed E-state index contributed by atoms with van der Waals surface area (Å²) in [6, 6.07) is 0. The number of ketones is 1. The molecular weight excluding hydrogens is 188 g/mol. The molecule has 3 heteroatoms. The SMILES string of the molecule is CN(C)CCCN1CCC(=O)CC1(C)C. The number of piperidine rings is 1. The standard InChI is InChI=1S/C12H24N2O/c1-12(2)10-11(15)6-9-14(12)8-5-7-13(3)4/h5-10H2,1-4H3. The molecular formula is C12H24N2O. The fourth-order valence-electron chi connectivity index (χ4n) is 2.24. The van der Waals surface area contributed by atoms with E-state index in [1.165, 1.54) is 6.42 Å². The quantitative estimate of drug-likeness (QED) is 0.703. The molecule has 0 atom stereocenters. The van der Waals surface area contributed by atoms with Crippen LogP contribution in [0.4, 0.5) is 0 Å². The summed E-state index contributed by atoms with van der Waals surface area (Å²) in [4.78, 5) is 16.0. The Bertz CT molecular complexity index is 224. The molecule has 0 aromatic carbocycles. The lowest BCUT2D eigenvalue weighted by atomic mass is 9.89. The minimum Gasteiger partial charge on any atom is -0.309 e. The molecule has 1 heterocycles. The highest BCUT2D eigenvalue weighted by atomic mass is 16.1. The predicted octanol–water partition coefficient (Wildman–Crippen LogP) is 1.38. The average molecular weight is 212 g/mol. The third-order valence-corrected chi connectivity index (χ3v) is 3.18. The van der Waals surface area contributed by atoms with Crippen LogP contribution in [0.3, 0.4) is 0 Å². The number of carbonyl (C=O) groups is 1. The van der Waals surface area contributed by atoms with Gasteiger partial charge in [-0.3, -0.25) is 9.69 Å². The molecule has 1 saturated heterocycles. The number of nitrogens with zero attached hydrogens (tertiary/aromatic N) is 2. The van der Waals surface area contributed by atoms with Crippen LogP contribution < -0.4 is 0 Å². The van der Waals surface area contributed by atoms with Crippen LogP contribution in [0.5, 0.6) is 0 Å². The van der Waals surface area contributed by atoms with E-state index in [2.05, 4.69) is 37.7 Å². The second-order valence-corrected chi connectivity index (χ2v) is 5.42. The summed E-state index contributed by atoms with van der Waals surface area (Å²) in [6.45, 7) is 7.54. The van der Waals surface area contributed by atoms with Crippen LogP contribution in [0.15, 0.2) is 0 Å². The van der Waals surface area contributed by atoms with Gasteiger partial charge in [0, 0.05) is 24.9 Å². The van der Waals surface area contributed by atoms with E-state index >= 15 is 0 Å². The minimum absolute atomic E-state index is 0.0711. The molecule has 0 bridgehead atoms. The highest BCUT2D eigenvalue weighted by Crippen LogP contribution is 2.25. The number of hydrogen-bond acceptors (Lipinski definition) is 3. The second-order valence-electron chi connectivity index (χ2n) is 5.42. The fraction of sp³-hybridized carbons (Fsp3) is 0.917. The molecule has 0 radical (unpaired) electrons. The van der Waals surface area contributed by atoms with E-state index in [9.17, 15) is 4.79 Å². The van der Waals surface area contributed by atoms with Crippen LogP contribution in [0.25, 0.3) is 0 Å². The Morgan fingerprint density at radius 2 is 2.07 bits per heavy atom. The van der Waals surface area contributed by atoms with Gasteiger partial charge in [0.1, 0.15) is 5.78 Å². The van der Waals surface area contributed by atoms with E-state index in [4.69, 9.17) is 0 Å². The second kappa shape index (κ2) is 5.08.